The number of para-hydroxylation sites is 2. The van der Waals surface area contributed by atoms with Crippen LogP contribution in [0.1, 0.15) is 0 Å². The molecule has 1 heterocycles. The summed E-state index contributed by atoms with van der Waals surface area (Å²) in [5.74, 6) is -9.83. The van der Waals surface area contributed by atoms with Crippen LogP contribution >= 0.6 is 0 Å². The molecule has 3 aromatic carbocycles. The van der Waals surface area contributed by atoms with Gasteiger partial charge in [0.15, 0.2) is 5.82 Å². The van der Waals surface area contributed by atoms with Gasteiger partial charge >= 0.3 is 257 Å². The van der Waals surface area contributed by atoms with E-state index in [4.69, 9.17) is 18.6 Å². The van der Waals surface area contributed by atoms with Crippen molar-refractivity contribution in [3.63, 3.8) is 0 Å². The zero-order valence-electron chi connectivity index (χ0n) is 33.4. The van der Waals surface area contributed by atoms with Crippen LogP contribution in [0.2, 0.25) is 0 Å². The van der Waals surface area contributed by atoms with Gasteiger partial charge in [0.05, 0.1) is 74.6 Å². The fraction of sp³-hybridized carbons (Fsp3) is 0.216. The van der Waals surface area contributed by atoms with Crippen LogP contribution in [0, 0.1) is 11.6 Å². The van der Waals surface area contributed by atoms with Crippen molar-refractivity contribution >= 4 is 46.2 Å². The maximum Gasteiger partial charge on any atom is 1.00 e. The first-order chi connectivity index (χ1) is 26.2. The van der Waals surface area contributed by atoms with Gasteiger partial charge in [-0.1, -0.05) is 23.9 Å². The molecule has 2 aliphatic rings. The molecule has 5 rings (SSSR count). The van der Waals surface area contributed by atoms with E-state index in [1.807, 2.05) is 0 Å². The van der Waals surface area contributed by atoms with Gasteiger partial charge in [0, 0.05) is 22.6 Å². The number of fused-ring (bicyclic) bond motifs is 2. The molecule has 0 N–H and O–H groups in total. The summed E-state index contributed by atoms with van der Waals surface area (Å²) < 4.78 is 52.0. The molecule has 16 nitrogen and oxygen atoms in total. The van der Waals surface area contributed by atoms with Crippen LogP contribution in [-0.4, -0.2) is 76.5 Å². The second-order valence-corrected chi connectivity index (χ2v) is 11.7. The molecule has 0 saturated carbocycles. The van der Waals surface area contributed by atoms with Crippen molar-refractivity contribution in [2.45, 2.75) is 0 Å². The van der Waals surface area contributed by atoms with Gasteiger partial charge in [0.25, 0.3) is 0 Å². The van der Waals surface area contributed by atoms with Crippen LogP contribution in [0.4, 0.5) is 20.2 Å². The normalized spacial score (nSPS) is 10.1. The van der Waals surface area contributed by atoms with Gasteiger partial charge in [-0.15, -0.1) is 0 Å². The number of carbonyl (C=O) groups is 4. The molecular formula is C37H27F2K5N2O14. The van der Waals surface area contributed by atoms with Gasteiger partial charge < -0.3 is 73.1 Å². The second-order valence-electron chi connectivity index (χ2n) is 11.7. The van der Waals surface area contributed by atoms with Gasteiger partial charge in [-0.05, 0) is 48.0 Å². The van der Waals surface area contributed by atoms with Crippen molar-refractivity contribution in [3.05, 3.63) is 88.6 Å². The average Bonchev–Trinajstić information content (AvgIpc) is 3.10. The van der Waals surface area contributed by atoms with Crippen LogP contribution in [0.25, 0.3) is 33.4 Å². The topological polar surface area (TPSA) is 248 Å². The minimum Gasteiger partial charge on any atom is -0.870 e. The average molecular weight is 957 g/mol. The first-order valence-corrected chi connectivity index (χ1v) is 16.1. The fourth-order valence-electron chi connectivity index (χ4n) is 5.69. The predicted octanol–water partition coefficient (Wildman–Crippen LogP) is -17.0. The van der Waals surface area contributed by atoms with Gasteiger partial charge in [-0.2, -0.15) is 0 Å². The molecular weight excluding hydrogens is 930 g/mol. The Balaban J connectivity index is 0.00000696. The van der Waals surface area contributed by atoms with E-state index in [0.29, 0.717) is 0 Å². The van der Waals surface area contributed by atoms with E-state index in [0.717, 1.165) is 34.1 Å². The summed E-state index contributed by atoms with van der Waals surface area (Å²) in [6.45, 7) is -3.87. The Bertz CT molecular complexity index is 2270. The summed E-state index contributed by atoms with van der Waals surface area (Å²) in [5.41, 5.74) is -0.839. The second kappa shape index (κ2) is 29.8. The molecule has 0 spiro atoms. The Morgan fingerprint density at radius 2 is 1.13 bits per heavy atom. The minimum absolute atomic E-state index is 0. The standard InChI is InChI=1S/C37H32F2N2O14.5K/c38-23-12-21-30(14-27(23)42)55-31-15-28(43)24(39)13-22(31)37(21)20-5-6-26(41(18-35(48)49)19-36(50)51)32(11-20)54-10-8-52-7-9-53-29-4-2-1-3-25(29)40(16-33(44)45)17-34(46)47;;;;;/h1-6,11-15,42H,7-10,16-19H2,(H,44,45)(H,46,47)(H,48,49)(H,50,51);;;;;/q;5*+1/p-5. The maximum atomic E-state index is 14.6. The van der Waals surface area contributed by atoms with E-state index in [1.54, 1.807) is 6.07 Å². The zero-order chi connectivity index (χ0) is 39.8. The van der Waals surface area contributed by atoms with Crippen molar-refractivity contribution in [2.24, 2.45) is 0 Å². The fourth-order valence-corrected chi connectivity index (χ4v) is 5.69. The molecule has 0 aromatic heterocycles. The number of nitrogens with zero attached hydrogens (tertiary/aromatic N) is 2. The van der Waals surface area contributed by atoms with Crippen molar-refractivity contribution < 1.29 is 329 Å². The third kappa shape index (κ3) is 17.5. The summed E-state index contributed by atoms with van der Waals surface area (Å²) in [5, 5.41) is 57.6. The van der Waals surface area contributed by atoms with Gasteiger partial charge in [-0.25, -0.2) is 8.78 Å². The van der Waals surface area contributed by atoms with E-state index in [9.17, 15) is 58.3 Å². The molecule has 0 saturated heterocycles. The Hall–Kier alpha value is 1.23. The van der Waals surface area contributed by atoms with E-state index in [2.05, 4.69) is 0 Å². The van der Waals surface area contributed by atoms with Crippen LogP contribution in [-0.2, 0) is 23.9 Å². The SMILES string of the molecule is O=C([O-])CN(CC(=O)[O-])c1ccccc1OCCOCCOc1cc(-c2c3cc(F)c(=O)cc-3oc3cc([O-])c(F)cc23)ccc1N(CC(=O)[O-])CC(=O)[O-].[K+].[K+].[K+].[K+].[K+]. The van der Waals surface area contributed by atoms with Gasteiger partial charge in [0.2, 0.25) is 5.43 Å². The summed E-state index contributed by atoms with van der Waals surface area (Å²) in [6.07, 6.45) is 0. The summed E-state index contributed by atoms with van der Waals surface area (Å²) in [7, 11) is 0. The summed E-state index contributed by atoms with van der Waals surface area (Å²) in [4.78, 5) is 59.5. The van der Waals surface area contributed by atoms with Crippen molar-refractivity contribution in [1.29, 1.82) is 0 Å². The smallest absolute Gasteiger partial charge is 0.870 e. The van der Waals surface area contributed by atoms with Crippen LogP contribution < -0.4 is 307 Å². The number of ether oxygens (including phenoxy) is 3. The Labute approximate surface area is 553 Å². The first-order valence-electron chi connectivity index (χ1n) is 16.1. The molecule has 0 bridgehead atoms. The first kappa shape index (κ1) is 61.2. The predicted molar refractivity (Wildman–Crippen MR) is 177 cm³/mol. The minimum atomic E-state index is -1.64. The summed E-state index contributed by atoms with van der Waals surface area (Å²) in [6, 6.07) is 13.4. The number of carbonyl (C=O) groups excluding carboxylic acids is 4. The van der Waals surface area contributed by atoms with Crippen molar-refractivity contribution in [2.75, 3.05) is 62.4 Å². The molecule has 3 aromatic rings. The molecule has 0 amide bonds. The summed E-state index contributed by atoms with van der Waals surface area (Å²) >= 11 is 0. The van der Waals surface area contributed by atoms with Crippen LogP contribution in [0.15, 0.2) is 75.9 Å². The number of benzene rings is 4. The number of halogens is 2. The molecule has 1 aliphatic carbocycles. The number of carboxylic acids is 4. The van der Waals surface area contributed by atoms with E-state index >= 15 is 0 Å². The molecule has 60 heavy (non-hydrogen) atoms. The van der Waals surface area contributed by atoms with Crippen molar-refractivity contribution in [3.8, 4) is 39.7 Å². The number of hydrogen-bond donors (Lipinski definition) is 0. The quantitative estimate of drug-likeness (QED) is 0.0424. The molecule has 23 heteroatoms. The molecule has 288 valence electrons. The van der Waals surface area contributed by atoms with Gasteiger partial charge in [-0.3, -0.25) is 4.79 Å². The van der Waals surface area contributed by atoms with Crippen molar-refractivity contribution in [1.82, 2.24) is 0 Å². The Kier molecular flexibility index (Phi) is 30.4. The monoisotopic (exact) mass is 956 g/mol. The van der Waals surface area contributed by atoms with E-state index in [-0.39, 0.29) is 340 Å². The molecule has 1 aliphatic heterocycles. The number of aliphatic carboxylic acids is 4. The van der Waals surface area contributed by atoms with Crippen LogP contribution in [0.3, 0.4) is 0 Å². The Morgan fingerprint density at radius 3 is 1.68 bits per heavy atom. The Morgan fingerprint density at radius 1 is 0.617 bits per heavy atom. The number of hydrogen-bond acceptors (Lipinski definition) is 16. The van der Waals surface area contributed by atoms with E-state index in [1.165, 1.54) is 36.4 Å². The molecule has 0 radical (unpaired) electrons. The zero-order valence-corrected chi connectivity index (χ0v) is 49.0. The molecule has 0 fully saturated rings. The van der Waals surface area contributed by atoms with E-state index < -0.39 is 72.9 Å². The maximum absolute atomic E-state index is 14.6. The largest absolute Gasteiger partial charge is 1.00 e. The van der Waals surface area contributed by atoms with Crippen LogP contribution in [0.5, 0.6) is 17.2 Å². The molecule has 0 unspecified atom stereocenters. The third-order valence-electron chi connectivity index (χ3n) is 7.87. The number of rotatable bonds is 19. The number of carboxylic acid groups (broad SMARTS) is 4. The molecule has 0 atom stereocenters. The van der Waals surface area contributed by atoms with Gasteiger partial charge in [0.1, 0.15) is 41.9 Å². The third-order valence-corrected chi connectivity index (χ3v) is 7.87. The number of anilines is 2.